The average molecular weight is 448 g/mol. The van der Waals surface area contributed by atoms with E-state index in [9.17, 15) is 4.79 Å². The Morgan fingerprint density at radius 2 is 1.97 bits per heavy atom. The van der Waals surface area contributed by atoms with E-state index in [2.05, 4.69) is 20.5 Å². The fourth-order valence-electron chi connectivity index (χ4n) is 2.71. The van der Waals surface area contributed by atoms with Gasteiger partial charge in [-0.15, -0.1) is 10.2 Å². The summed E-state index contributed by atoms with van der Waals surface area (Å²) in [5.74, 6) is 2.11. The Kier molecular flexibility index (Phi) is 7.53. The number of nitrogens with zero attached hydrogens (tertiary/aromatic N) is 4. The molecule has 1 amide bonds. The number of rotatable bonds is 9. The SMILES string of the molecule is CCn1c(SCC(=O)Nc2cccnc2Cl)nnc1C(C)Oc1ccc(OC)cc1. The van der Waals surface area contributed by atoms with Gasteiger partial charge in [0.25, 0.3) is 0 Å². The standard InChI is InChI=1S/C20H22ClN5O3S/c1-4-26-19(13(2)29-15-9-7-14(28-3)8-10-15)24-25-20(26)30-12-17(27)23-16-6-5-11-22-18(16)21/h5-11,13H,4,12H2,1-3H3,(H,23,27). The smallest absolute Gasteiger partial charge is 0.234 e. The fraction of sp³-hybridized carbons (Fsp3) is 0.300. The van der Waals surface area contributed by atoms with Crippen LogP contribution in [0.5, 0.6) is 11.5 Å². The summed E-state index contributed by atoms with van der Waals surface area (Å²) in [5.41, 5.74) is 0.476. The molecule has 1 unspecified atom stereocenters. The summed E-state index contributed by atoms with van der Waals surface area (Å²) in [7, 11) is 1.62. The van der Waals surface area contributed by atoms with E-state index in [1.807, 2.05) is 42.7 Å². The van der Waals surface area contributed by atoms with Crippen LogP contribution >= 0.6 is 23.4 Å². The molecule has 2 heterocycles. The minimum absolute atomic E-state index is 0.164. The van der Waals surface area contributed by atoms with Crippen molar-refractivity contribution in [3.8, 4) is 11.5 Å². The van der Waals surface area contributed by atoms with E-state index < -0.39 is 0 Å². The molecule has 8 nitrogen and oxygen atoms in total. The van der Waals surface area contributed by atoms with Crippen LogP contribution in [0.25, 0.3) is 0 Å². The van der Waals surface area contributed by atoms with Crippen molar-refractivity contribution in [1.29, 1.82) is 0 Å². The summed E-state index contributed by atoms with van der Waals surface area (Å²) >= 11 is 7.27. The number of nitrogens with one attached hydrogen (secondary N) is 1. The Bertz CT molecular complexity index is 996. The van der Waals surface area contributed by atoms with E-state index in [1.54, 1.807) is 25.4 Å². The zero-order chi connectivity index (χ0) is 21.5. The highest BCUT2D eigenvalue weighted by atomic mass is 35.5. The van der Waals surface area contributed by atoms with Crippen molar-refractivity contribution in [3.05, 3.63) is 53.6 Å². The van der Waals surface area contributed by atoms with E-state index in [1.165, 1.54) is 11.8 Å². The third-order valence-electron chi connectivity index (χ3n) is 4.16. The van der Waals surface area contributed by atoms with Crippen molar-refractivity contribution < 1.29 is 14.3 Å². The first-order valence-corrected chi connectivity index (χ1v) is 10.6. The second kappa shape index (κ2) is 10.3. The van der Waals surface area contributed by atoms with Crippen LogP contribution in [0.3, 0.4) is 0 Å². The van der Waals surface area contributed by atoms with E-state index in [4.69, 9.17) is 21.1 Å². The maximum absolute atomic E-state index is 12.3. The van der Waals surface area contributed by atoms with E-state index >= 15 is 0 Å². The molecule has 10 heteroatoms. The summed E-state index contributed by atoms with van der Waals surface area (Å²) < 4.78 is 13.1. The largest absolute Gasteiger partial charge is 0.497 e. The summed E-state index contributed by atoms with van der Waals surface area (Å²) in [6, 6.07) is 10.8. The second-order valence-electron chi connectivity index (χ2n) is 6.20. The third-order valence-corrected chi connectivity index (χ3v) is 5.43. The molecule has 0 saturated heterocycles. The van der Waals surface area contributed by atoms with Gasteiger partial charge in [0.2, 0.25) is 5.91 Å². The first-order chi connectivity index (χ1) is 14.5. The molecule has 0 aliphatic carbocycles. The van der Waals surface area contributed by atoms with Gasteiger partial charge in [0.1, 0.15) is 11.5 Å². The number of ether oxygens (including phenoxy) is 2. The van der Waals surface area contributed by atoms with Crippen molar-refractivity contribution in [3.63, 3.8) is 0 Å². The predicted molar refractivity (Wildman–Crippen MR) is 116 cm³/mol. The molecule has 158 valence electrons. The number of carbonyl (C=O) groups is 1. The van der Waals surface area contributed by atoms with Crippen LogP contribution < -0.4 is 14.8 Å². The number of anilines is 1. The first-order valence-electron chi connectivity index (χ1n) is 9.28. The number of aromatic nitrogens is 4. The summed E-state index contributed by atoms with van der Waals surface area (Å²) in [4.78, 5) is 16.2. The monoisotopic (exact) mass is 447 g/mol. The van der Waals surface area contributed by atoms with Crippen LogP contribution in [0.15, 0.2) is 47.8 Å². The van der Waals surface area contributed by atoms with E-state index in [-0.39, 0.29) is 22.9 Å². The minimum Gasteiger partial charge on any atom is -0.497 e. The molecular weight excluding hydrogens is 426 g/mol. The Hall–Kier alpha value is -2.78. The Morgan fingerprint density at radius 3 is 2.63 bits per heavy atom. The number of methoxy groups -OCH3 is 1. The van der Waals surface area contributed by atoms with Gasteiger partial charge in [0, 0.05) is 12.7 Å². The number of hydrogen-bond donors (Lipinski definition) is 1. The molecule has 1 atom stereocenters. The molecule has 2 aromatic heterocycles. The molecule has 1 N–H and O–H groups in total. The van der Waals surface area contributed by atoms with Crippen molar-refractivity contribution in [2.75, 3.05) is 18.2 Å². The number of amides is 1. The molecule has 3 rings (SSSR count). The fourth-order valence-corrected chi connectivity index (χ4v) is 3.69. The van der Waals surface area contributed by atoms with Crippen LogP contribution in [0.1, 0.15) is 25.8 Å². The molecule has 0 radical (unpaired) electrons. The molecule has 0 aliphatic rings. The number of pyridine rings is 1. The van der Waals surface area contributed by atoms with E-state index in [0.717, 1.165) is 5.75 Å². The van der Waals surface area contributed by atoms with Gasteiger partial charge < -0.3 is 19.4 Å². The number of carbonyl (C=O) groups excluding carboxylic acids is 1. The molecular formula is C20H22ClN5O3S. The molecule has 0 spiro atoms. The lowest BCUT2D eigenvalue weighted by atomic mass is 10.3. The van der Waals surface area contributed by atoms with Crippen LogP contribution in [0.2, 0.25) is 5.15 Å². The zero-order valence-electron chi connectivity index (χ0n) is 16.8. The lowest BCUT2D eigenvalue weighted by molar-refractivity contribution is -0.113. The highest BCUT2D eigenvalue weighted by Gasteiger charge is 2.19. The van der Waals surface area contributed by atoms with Crippen LogP contribution in [-0.2, 0) is 11.3 Å². The highest BCUT2D eigenvalue weighted by molar-refractivity contribution is 7.99. The number of thioether (sulfide) groups is 1. The molecule has 1 aromatic carbocycles. The summed E-state index contributed by atoms with van der Waals surface area (Å²) in [6.07, 6.45) is 1.25. The maximum Gasteiger partial charge on any atom is 0.234 e. The van der Waals surface area contributed by atoms with Crippen molar-refractivity contribution in [2.24, 2.45) is 0 Å². The first kappa shape index (κ1) is 21.9. The Morgan fingerprint density at radius 1 is 1.23 bits per heavy atom. The second-order valence-corrected chi connectivity index (χ2v) is 7.50. The van der Waals surface area contributed by atoms with Crippen molar-refractivity contribution in [1.82, 2.24) is 19.7 Å². The highest BCUT2D eigenvalue weighted by Crippen LogP contribution is 2.26. The minimum atomic E-state index is -0.316. The van der Waals surface area contributed by atoms with Crippen LogP contribution in [-0.4, -0.2) is 38.5 Å². The van der Waals surface area contributed by atoms with Gasteiger partial charge in [-0.2, -0.15) is 0 Å². The third kappa shape index (κ3) is 5.43. The molecule has 0 bridgehead atoms. The summed E-state index contributed by atoms with van der Waals surface area (Å²) in [6.45, 7) is 4.55. The number of hydrogen-bond acceptors (Lipinski definition) is 7. The van der Waals surface area contributed by atoms with E-state index in [0.29, 0.717) is 29.0 Å². The van der Waals surface area contributed by atoms with Crippen LogP contribution in [0.4, 0.5) is 5.69 Å². The average Bonchev–Trinajstić information content (AvgIpc) is 3.17. The van der Waals surface area contributed by atoms with Gasteiger partial charge in [-0.05, 0) is 50.2 Å². The quantitative estimate of drug-likeness (QED) is 0.387. The van der Waals surface area contributed by atoms with Gasteiger partial charge in [-0.25, -0.2) is 4.98 Å². The number of benzene rings is 1. The van der Waals surface area contributed by atoms with Gasteiger partial charge in [-0.1, -0.05) is 23.4 Å². The Labute approximate surface area is 184 Å². The lowest BCUT2D eigenvalue weighted by Crippen LogP contribution is -2.16. The summed E-state index contributed by atoms with van der Waals surface area (Å²) in [5, 5.41) is 12.1. The van der Waals surface area contributed by atoms with Gasteiger partial charge in [0.05, 0.1) is 18.6 Å². The van der Waals surface area contributed by atoms with Crippen LogP contribution in [0, 0.1) is 0 Å². The lowest BCUT2D eigenvalue weighted by Gasteiger charge is -2.15. The molecule has 0 fully saturated rings. The Balaban J connectivity index is 1.62. The molecule has 30 heavy (non-hydrogen) atoms. The van der Waals surface area contributed by atoms with Crippen molar-refractivity contribution >= 4 is 35.0 Å². The zero-order valence-corrected chi connectivity index (χ0v) is 18.4. The normalized spacial score (nSPS) is 11.7. The number of halogens is 1. The van der Waals surface area contributed by atoms with Gasteiger partial charge in [0.15, 0.2) is 22.2 Å². The van der Waals surface area contributed by atoms with Crippen molar-refractivity contribution in [2.45, 2.75) is 31.7 Å². The molecule has 0 saturated carbocycles. The topological polar surface area (TPSA) is 91.2 Å². The van der Waals surface area contributed by atoms with Gasteiger partial charge >= 0.3 is 0 Å². The van der Waals surface area contributed by atoms with Gasteiger partial charge in [-0.3, -0.25) is 4.79 Å². The maximum atomic E-state index is 12.3. The molecule has 3 aromatic rings. The predicted octanol–water partition coefficient (Wildman–Crippen LogP) is 4.23. The molecule has 0 aliphatic heterocycles.